The van der Waals surface area contributed by atoms with E-state index in [1.807, 2.05) is 11.3 Å². The van der Waals surface area contributed by atoms with Crippen LogP contribution in [0.2, 0.25) is 0 Å². The van der Waals surface area contributed by atoms with Gasteiger partial charge in [0.05, 0.1) is 0 Å². The second-order valence-corrected chi connectivity index (χ2v) is 7.69. The van der Waals surface area contributed by atoms with Crippen LogP contribution in [0.1, 0.15) is 43.5 Å². The molecule has 0 amide bonds. The Morgan fingerprint density at radius 3 is 2.77 bits per heavy atom. The minimum Gasteiger partial charge on any atom is -0.383 e. The van der Waals surface area contributed by atoms with E-state index >= 15 is 0 Å². The van der Waals surface area contributed by atoms with Gasteiger partial charge < -0.3 is 4.90 Å². The molecular weight excluding hydrogens is 288 g/mol. The number of rotatable bonds is 6. The zero-order chi connectivity index (χ0) is 15.4. The normalized spacial score (nSPS) is 16.1. The van der Waals surface area contributed by atoms with Crippen LogP contribution in [0.15, 0.2) is 30.5 Å². The average molecular weight is 316 g/mol. The van der Waals surface area contributed by atoms with Crippen LogP contribution in [-0.2, 0) is 6.54 Å². The lowest BCUT2D eigenvalue weighted by atomic mass is 10.0. The minimum absolute atomic E-state index is 0.992. The topological polar surface area (TPSA) is 7.12 Å². The first kappa shape index (κ1) is 15.5. The third-order valence-electron chi connectivity index (χ3n) is 4.62. The predicted molar refractivity (Wildman–Crippen MR) is 95.9 cm³/mol. The average Bonchev–Trinajstić information content (AvgIpc) is 3.13. The van der Waals surface area contributed by atoms with Crippen molar-refractivity contribution < 1.29 is 4.57 Å². The van der Waals surface area contributed by atoms with Gasteiger partial charge in [0.25, 0.3) is 5.01 Å². The van der Waals surface area contributed by atoms with E-state index < -0.39 is 0 Å². The summed E-state index contributed by atoms with van der Waals surface area (Å²) in [6.45, 7) is 1.15. The van der Waals surface area contributed by atoms with E-state index in [2.05, 4.69) is 60.1 Å². The van der Waals surface area contributed by atoms with Crippen molar-refractivity contribution in [2.75, 3.05) is 14.1 Å². The molecule has 22 heavy (non-hydrogen) atoms. The standard InChI is InChI=1S/C19H27N2S/c1-20(2)15-13-19-21(14-7-10-16-8-3-4-9-16)17-11-5-6-12-18(17)22-19/h5-6,11-13,15-16H,3-4,7-10,14H2,1-2H3/q+1. The molecule has 0 spiro atoms. The third-order valence-corrected chi connectivity index (χ3v) is 5.75. The third kappa shape index (κ3) is 3.70. The van der Waals surface area contributed by atoms with Gasteiger partial charge >= 0.3 is 0 Å². The van der Waals surface area contributed by atoms with Crippen molar-refractivity contribution in [3.8, 4) is 0 Å². The molecule has 1 heterocycles. The summed E-state index contributed by atoms with van der Waals surface area (Å²) < 4.78 is 3.90. The van der Waals surface area contributed by atoms with E-state index in [0.717, 1.165) is 12.5 Å². The summed E-state index contributed by atoms with van der Waals surface area (Å²) in [5.74, 6) is 0.992. The minimum atomic E-state index is 0.992. The number of fused-ring (bicyclic) bond motifs is 1. The Morgan fingerprint density at radius 1 is 1.23 bits per heavy atom. The van der Waals surface area contributed by atoms with E-state index in [1.165, 1.54) is 53.7 Å². The van der Waals surface area contributed by atoms with Gasteiger partial charge in [-0.2, -0.15) is 4.57 Å². The van der Waals surface area contributed by atoms with Crippen LogP contribution in [0.3, 0.4) is 0 Å². The fraction of sp³-hybridized carbons (Fsp3) is 0.526. The summed E-state index contributed by atoms with van der Waals surface area (Å²) in [5.41, 5.74) is 1.39. The Morgan fingerprint density at radius 2 is 2.00 bits per heavy atom. The summed E-state index contributed by atoms with van der Waals surface area (Å²) >= 11 is 1.90. The maximum absolute atomic E-state index is 2.51. The Hall–Kier alpha value is -1.35. The molecule has 1 aromatic carbocycles. The van der Waals surface area contributed by atoms with Gasteiger partial charge in [0, 0.05) is 38.9 Å². The molecule has 0 N–H and O–H groups in total. The number of aromatic nitrogens is 1. The van der Waals surface area contributed by atoms with Crippen LogP contribution >= 0.6 is 11.3 Å². The smallest absolute Gasteiger partial charge is 0.264 e. The van der Waals surface area contributed by atoms with Crippen LogP contribution in [-0.4, -0.2) is 19.0 Å². The molecule has 0 aliphatic heterocycles. The van der Waals surface area contributed by atoms with Crippen LogP contribution in [0, 0.1) is 5.92 Å². The van der Waals surface area contributed by atoms with Gasteiger partial charge in [0.15, 0.2) is 6.54 Å². The van der Waals surface area contributed by atoms with E-state index in [4.69, 9.17) is 0 Å². The number of nitrogens with zero attached hydrogens (tertiary/aromatic N) is 2. The lowest BCUT2D eigenvalue weighted by Crippen LogP contribution is -2.35. The highest BCUT2D eigenvalue weighted by Crippen LogP contribution is 2.29. The van der Waals surface area contributed by atoms with E-state index in [0.29, 0.717) is 0 Å². The van der Waals surface area contributed by atoms with Gasteiger partial charge in [-0.1, -0.05) is 49.2 Å². The molecule has 1 aliphatic rings. The van der Waals surface area contributed by atoms with E-state index in [9.17, 15) is 0 Å². The molecule has 3 heteroatoms. The first-order valence-corrected chi connectivity index (χ1v) is 9.31. The lowest BCUT2D eigenvalue weighted by molar-refractivity contribution is -0.669. The number of hydrogen-bond acceptors (Lipinski definition) is 2. The fourth-order valence-electron chi connectivity index (χ4n) is 3.46. The molecule has 0 bridgehead atoms. The number of thiazole rings is 1. The quantitative estimate of drug-likeness (QED) is 0.701. The maximum atomic E-state index is 2.51. The van der Waals surface area contributed by atoms with Gasteiger partial charge in [0.1, 0.15) is 4.70 Å². The SMILES string of the molecule is CN(C)C=Cc1sc2ccccc2[n+]1CCCC1CCCC1. The van der Waals surface area contributed by atoms with Gasteiger partial charge in [-0.3, -0.25) is 0 Å². The molecule has 0 unspecified atom stereocenters. The Labute approximate surface area is 138 Å². The zero-order valence-corrected chi connectivity index (χ0v) is 14.6. The highest BCUT2D eigenvalue weighted by atomic mass is 32.1. The molecule has 1 aliphatic carbocycles. The molecule has 0 atom stereocenters. The highest BCUT2D eigenvalue weighted by Gasteiger charge is 2.20. The van der Waals surface area contributed by atoms with Crippen molar-refractivity contribution in [1.29, 1.82) is 0 Å². The van der Waals surface area contributed by atoms with E-state index in [1.54, 1.807) is 0 Å². The van der Waals surface area contributed by atoms with E-state index in [-0.39, 0.29) is 0 Å². The number of benzene rings is 1. The molecule has 2 aromatic rings. The lowest BCUT2D eigenvalue weighted by Gasteiger charge is -2.06. The fourth-order valence-corrected chi connectivity index (χ4v) is 4.54. The molecule has 0 saturated heterocycles. The Bertz CT molecular complexity index is 636. The summed E-state index contributed by atoms with van der Waals surface area (Å²) in [7, 11) is 4.16. The Balaban J connectivity index is 1.77. The molecule has 3 rings (SSSR count). The van der Waals surface area contributed by atoms with Crippen LogP contribution in [0.25, 0.3) is 16.3 Å². The predicted octanol–water partition coefficient (Wildman–Crippen LogP) is 4.69. The molecule has 1 fully saturated rings. The van der Waals surface area contributed by atoms with Crippen molar-refractivity contribution in [1.82, 2.24) is 4.90 Å². The first-order chi connectivity index (χ1) is 10.7. The van der Waals surface area contributed by atoms with Gasteiger partial charge in [-0.15, -0.1) is 0 Å². The molecule has 1 aromatic heterocycles. The number of para-hydroxylation sites is 1. The molecule has 1 saturated carbocycles. The second kappa shape index (κ2) is 7.28. The van der Waals surface area contributed by atoms with Crippen molar-refractivity contribution in [2.45, 2.75) is 45.1 Å². The summed E-state index contributed by atoms with van der Waals surface area (Å²) in [6, 6.07) is 8.79. The van der Waals surface area contributed by atoms with Gasteiger partial charge in [-0.05, 0) is 18.4 Å². The largest absolute Gasteiger partial charge is 0.383 e. The first-order valence-electron chi connectivity index (χ1n) is 8.50. The Kier molecular flexibility index (Phi) is 5.14. The second-order valence-electron chi connectivity index (χ2n) is 6.63. The van der Waals surface area contributed by atoms with Crippen molar-refractivity contribution in [2.24, 2.45) is 5.92 Å². The van der Waals surface area contributed by atoms with Crippen LogP contribution in [0.5, 0.6) is 0 Å². The summed E-state index contributed by atoms with van der Waals surface area (Å²) in [5, 5.41) is 1.36. The zero-order valence-electron chi connectivity index (χ0n) is 13.8. The van der Waals surface area contributed by atoms with Crippen LogP contribution in [0.4, 0.5) is 0 Å². The van der Waals surface area contributed by atoms with Crippen molar-refractivity contribution >= 4 is 27.6 Å². The van der Waals surface area contributed by atoms with Crippen LogP contribution < -0.4 is 4.57 Å². The van der Waals surface area contributed by atoms with Crippen molar-refractivity contribution in [3.05, 3.63) is 35.5 Å². The van der Waals surface area contributed by atoms with Crippen molar-refractivity contribution in [3.63, 3.8) is 0 Å². The number of aryl methyl sites for hydroxylation is 1. The molecule has 2 nitrogen and oxygen atoms in total. The van der Waals surface area contributed by atoms with Gasteiger partial charge in [-0.25, -0.2) is 0 Å². The summed E-state index contributed by atoms with van der Waals surface area (Å²) in [4.78, 5) is 2.10. The monoisotopic (exact) mass is 315 g/mol. The van der Waals surface area contributed by atoms with Gasteiger partial charge in [0.2, 0.25) is 5.52 Å². The highest BCUT2D eigenvalue weighted by molar-refractivity contribution is 7.18. The maximum Gasteiger partial charge on any atom is 0.264 e. The molecule has 0 radical (unpaired) electrons. The number of hydrogen-bond donors (Lipinski definition) is 0. The molecule has 118 valence electrons. The molecular formula is C19H27N2S+. The summed E-state index contributed by atoms with van der Waals surface area (Å²) in [6.07, 6.45) is 12.9.